The number of para-hydroxylation sites is 1. The van der Waals surface area contributed by atoms with Crippen LogP contribution in [-0.4, -0.2) is 0 Å². The lowest BCUT2D eigenvalue weighted by Crippen LogP contribution is -2.16. The molecule has 0 N–H and O–H groups in total. The van der Waals surface area contributed by atoms with Gasteiger partial charge in [0.05, 0.1) is 5.56 Å². The van der Waals surface area contributed by atoms with Crippen LogP contribution in [-0.2, 0) is 6.18 Å². The Labute approximate surface area is 138 Å². The molecule has 0 fully saturated rings. The van der Waals surface area contributed by atoms with Crippen molar-refractivity contribution >= 4 is 0 Å². The van der Waals surface area contributed by atoms with Crippen molar-refractivity contribution in [1.82, 2.24) is 0 Å². The van der Waals surface area contributed by atoms with Crippen molar-refractivity contribution in [2.24, 2.45) is 0 Å². The molecular weight excluding hydrogens is 313 g/mol. The van der Waals surface area contributed by atoms with Crippen LogP contribution in [0.3, 0.4) is 0 Å². The van der Waals surface area contributed by atoms with E-state index in [2.05, 4.69) is 0 Å². The maximum atomic E-state index is 13.4. The molecule has 1 nitrogen and oxygen atoms in total. The largest absolute Gasteiger partial charge is 0.481 e. The van der Waals surface area contributed by atoms with Gasteiger partial charge in [-0.15, -0.1) is 0 Å². The molecule has 122 valence electrons. The lowest BCUT2D eigenvalue weighted by atomic mass is 9.96. The molecule has 0 aliphatic heterocycles. The summed E-state index contributed by atoms with van der Waals surface area (Å²) < 4.78 is 46.1. The molecule has 1 unspecified atom stereocenters. The zero-order valence-electron chi connectivity index (χ0n) is 12.7. The molecule has 0 saturated carbocycles. The summed E-state index contributed by atoms with van der Waals surface area (Å²) in [6.07, 6.45) is -5.28. The standard InChI is InChI=1S/C20H15F3O/c21-20(22,23)18-14-8-7-13-17(18)19(15-9-3-1-4-10-15)24-16-11-5-2-6-12-16/h1-14,19H. The highest BCUT2D eigenvalue weighted by molar-refractivity contribution is 5.39. The fourth-order valence-corrected chi connectivity index (χ4v) is 2.56. The van der Waals surface area contributed by atoms with Crippen molar-refractivity contribution in [3.05, 3.63) is 102 Å². The molecule has 0 spiro atoms. The molecule has 0 saturated heterocycles. The van der Waals surface area contributed by atoms with Gasteiger partial charge < -0.3 is 4.74 Å². The Balaban J connectivity index is 2.09. The molecular formula is C20H15F3O. The van der Waals surface area contributed by atoms with E-state index in [1.807, 2.05) is 12.1 Å². The smallest absolute Gasteiger partial charge is 0.416 e. The second-order valence-electron chi connectivity index (χ2n) is 5.31. The molecule has 0 aromatic heterocycles. The van der Waals surface area contributed by atoms with E-state index < -0.39 is 17.8 Å². The van der Waals surface area contributed by atoms with Crippen LogP contribution in [0.4, 0.5) is 13.2 Å². The van der Waals surface area contributed by atoms with Gasteiger partial charge in [0, 0.05) is 5.56 Å². The Bertz CT molecular complexity index is 783. The number of benzene rings is 3. The molecule has 0 bridgehead atoms. The summed E-state index contributed by atoms with van der Waals surface area (Å²) in [5.41, 5.74) is 0.0768. The molecule has 3 aromatic carbocycles. The van der Waals surface area contributed by atoms with Crippen molar-refractivity contribution in [1.29, 1.82) is 0 Å². The maximum absolute atomic E-state index is 13.4. The highest BCUT2D eigenvalue weighted by Gasteiger charge is 2.36. The Kier molecular flexibility index (Phi) is 4.56. The summed E-state index contributed by atoms with van der Waals surface area (Å²) in [6.45, 7) is 0. The number of hydrogen-bond acceptors (Lipinski definition) is 1. The van der Waals surface area contributed by atoms with Crippen LogP contribution in [0, 0.1) is 0 Å². The number of rotatable bonds is 4. The van der Waals surface area contributed by atoms with Gasteiger partial charge in [-0.2, -0.15) is 13.2 Å². The fraction of sp³-hybridized carbons (Fsp3) is 0.100. The van der Waals surface area contributed by atoms with Gasteiger partial charge in [-0.25, -0.2) is 0 Å². The van der Waals surface area contributed by atoms with Gasteiger partial charge in [0.15, 0.2) is 0 Å². The summed E-state index contributed by atoms with van der Waals surface area (Å²) in [5, 5.41) is 0. The average Bonchev–Trinajstić information content (AvgIpc) is 2.61. The number of alkyl halides is 3. The minimum atomic E-state index is -4.44. The van der Waals surface area contributed by atoms with Crippen LogP contribution in [0.15, 0.2) is 84.9 Å². The van der Waals surface area contributed by atoms with Crippen LogP contribution in [0.2, 0.25) is 0 Å². The summed E-state index contributed by atoms with van der Waals surface area (Å²) in [5.74, 6) is 0.517. The highest BCUT2D eigenvalue weighted by atomic mass is 19.4. The third-order valence-electron chi connectivity index (χ3n) is 3.65. The Hall–Kier alpha value is -2.75. The number of ether oxygens (including phenoxy) is 1. The Morgan fingerprint density at radius 1 is 0.667 bits per heavy atom. The molecule has 0 heterocycles. The third kappa shape index (κ3) is 3.59. The first-order valence-electron chi connectivity index (χ1n) is 7.48. The Morgan fingerprint density at radius 3 is 1.83 bits per heavy atom. The summed E-state index contributed by atoms with van der Waals surface area (Å²) in [6, 6.07) is 23.3. The zero-order valence-corrected chi connectivity index (χ0v) is 12.7. The lowest BCUT2D eigenvalue weighted by molar-refractivity contribution is -0.138. The van der Waals surface area contributed by atoms with Crippen LogP contribution in [0.1, 0.15) is 22.8 Å². The van der Waals surface area contributed by atoms with E-state index in [9.17, 15) is 13.2 Å². The first kappa shape index (κ1) is 16.1. The molecule has 3 aromatic rings. The van der Waals surface area contributed by atoms with Gasteiger partial charge in [0.2, 0.25) is 0 Å². The molecule has 0 amide bonds. The predicted molar refractivity (Wildman–Crippen MR) is 86.8 cm³/mol. The van der Waals surface area contributed by atoms with Gasteiger partial charge in [-0.05, 0) is 23.8 Å². The van der Waals surface area contributed by atoms with Crippen molar-refractivity contribution in [2.75, 3.05) is 0 Å². The maximum Gasteiger partial charge on any atom is 0.416 e. The van der Waals surface area contributed by atoms with E-state index in [-0.39, 0.29) is 5.56 Å². The first-order chi connectivity index (χ1) is 11.6. The summed E-state index contributed by atoms with van der Waals surface area (Å²) in [7, 11) is 0. The van der Waals surface area contributed by atoms with E-state index in [1.165, 1.54) is 12.1 Å². The van der Waals surface area contributed by atoms with E-state index in [0.717, 1.165) is 6.07 Å². The predicted octanol–water partition coefficient (Wildman–Crippen LogP) is 5.87. The van der Waals surface area contributed by atoms with Crippen LogP contribution < -0.4 is 4.74 Å². The monoisotopic (exact) mass is 328 g/mol. The van der Waals surface area contributed by atoms with Crippen molar-refractivity contribution in [2.45, 2.75) is 12.3 Å². The van der Waals surface area contributed by atoms with E-state index in [4.69, 9.17) is 4.74 Å². The molecule has 24 heavy (non-hydrogen) atoms. The van der Waals surface area contributed by atoms with Gasteiger partial charge in [-0.1, -0.05) is 66.7 Å². The van der Waals surface area contributed by atoms with Crippen molar-refractivity contribution in [3.8, 4) is 5.75 Å². The molecule has 0 radical (unpaired) electrons. The fourth-order valence-electron chi connectivity index (χ4n) is 2.56. The SMILES string of the molecule is FC(F)(F)c1ccccc1C(Oc1ccccc1)c1ccccc1. The van der Waals surface area contributed by atoms with Crippen LogP contribution in [0.5, 0.6) is 5.75 Å². The molecule has 0 aliphatic carbocycles. The normalized spacial score (nSPS) is 12.6. The van der Waals surface area contributed by atoms with E-state index >= 15 is 0 Å². The van der Waals surface area contributed by atoms with Crippen molar-refractivity contribution < 1.29 is 17.9 Å². The second-order valence-corrected chi connectivity index (χ2v) is 5.31. The first-order valence-corrected chi connectivity index (χ1v) is 7.48. The molecule has 4 heteroatoms. The zero-order chi connectivity index (χ0) is 17.0. The van der Waals surface area contributed by atoms with Gasteiger partial charge in [-0.3, -0.25) is 0 Å². The summed E-state index contributed by atoms with van der Waals surface area (Å²) >= 11 is 0. The third-order valence-corrected chi connectivity index (χ3v) is 3.65. The van der Waals surface area contributed by atoms with E-state index in [1.54, 1.807) is 54.6 Å². The van der Waals surface area contributed by atoms with Gasteiger partial charge >= 0.3 is 6.18 Å². The molecule has 3 rings (SSSR count). The second kappa shape index (κ2) is 6.79. The van der Waals surface area contributed by atoms with Crippen molar-refractivity contribution in [3.63, 3.8) is 0 Å². The van der Waals surface area contributed by atoms with Gasteiger partial charge in [0.1, 0.15) is 11.9 Å². The number of hydrogen-bond donors (Lipinski definition) is 0. The minimum Gasteiger partial charge on any atom is -0.481 e. The average molecular weight is 328 g/mol. The number of halogens is 3. The molecule has 1 atom stereocenters. The molecule has 0 aliphatic rings. The van der Waals surface area contributed by atoms with Crippen LogP contribution >= 0.6 is 0 Å². The van der Waals surface area contributed by atoms with E-state index in [0.29, 0.717) is 11.3 Å². The quantitative estimate of drug-likeness (QED) is 0.581. The van der Waals surface area contributed by atoms with Gasteiger partial charge in [0.25, 0.3) is 0 Å². The highest BCUT2D eigenvalue weighted by Crippen LogP contribution is 2.38. The topological polar surface area (TPSA) is 9.23 Å². The minimum absolute atomic E-state index is 0.0973. The lowest BCUT2D eigenvalue weighted by Gasteiger charge is -2.23. The Morgan fingerprint density at radius 2 is 1.21 bits per heavy atom. The summed E-state index contributed by atoms with van der Waals surface area (Å²) in [4.78, 5) is 0. The van der Waals surface area contributed by atoms with Crippen LogP contribution in [0.25, 0.3) is 0 Å².